The van der Waals surface area contributed by atoms with Crippen LogP contribution in [0.2, 0.25) is 5.02 Å². The molecule has 0 bridgehead atoms. The summed E-state index contributed by atoms with van der Waals surface area (Å²) in [5, 5.41) is 4.34. The zero-order chi connectivity index (χ0) is 13.8. The van der Waals surface area contributed by atoms with Gasteiger partial charge < -0.3 is 5.32 Å². The largest absolute Gasteiger partial charge is 0.309 e. The summed E-state index contributed by atoms with van der Waals surface area (Å²) in [6.07, 6.45) is 0.990. The van der Waals surface area contributed by atoms with Gasteiger partial charge in [0, 0.05) is 10.9 Å². The molecule has 1 aromatic carbocycles. The molecule has 1 heterocycles. The number of likely N-dealkylation sites (N-methyl/N-ethyl adjacent to an activating group) is 1. The first-order valence-electron chi connectivity index (χ1n) is 6.34. The smallest absolute Gasteiger partial charge is 0.0887 e. The first-order valence-corrected chi connectivity index (χ1v) is 8.33. The van der Waals surface area contributed by atoms with Crippen molar-refractivity contribution in [2.45, 2.75) is 26.3 Å². The van der Waals surface area contributed by atoms with E-state index in [1.165, 1.54) is 16.0 Å². The van der Waals surface area contributed by atoms with Gasteiger partial charge in [0.1, 0.15) is 0 Å². The van der Waals surface area contributed by atoms with Gasteiger partial charge in [0.2, 0.25) is 0 Å². The van der Waals surface area contributed by atoms with Gasteiger partial charge >= 0.3 is 0 Å². The number of thiophene rings is 1. The average Bonchev–Trinajstić information content (AvgIpc) is 2.72. The van der Waals surface area contributed by atoms with Crippen LogP contribution in [0.5, 0.6) is 0 Å². The number of halogens is 2. The topological polar surface area (TPSA) is 12.0 Å². The van der Waals surface area contributed by atoms with Crippen molar-refractivity contribution < 1.29 is 0 Å². The predicted molar refractivity (Wildman–Crippen MR) is 88.3 cm³/mol. The highest BCUT2D eigenvalue weighted by Crippen LogP contribution is 2.36. The molecule has 102 valence electrons. The Kier molecular flexibility index (Phi) is 5.46. The third-order valence-corrected chi connectivity index (χ3v) is 5.73. The van der Waals surface area contributed by atoms with Gasteiger partial charge in [0.25, 0.3) is 0 Å². The van der Waals surface area contributed by atoms with Crippen molar-refractivity contribution in [3.63, 3.8) is 0 Å². The van der Waals surface area contributed by atoms with Crippen LogP contribution in [0.3, 0.4) is 0 Å². The highest BCUT2D eigenvalue weighted by atomic mass is 79.9. The lowest BCUT2D eigenvalue weighted by Crippen LogP contribution is -2.22. The minimum absolute atomic E-state index is 0.319. The van der Waals surface area contributed by atoms with Gasteiger partial charge in [0.15, 0.2) is 0 Å². The lowest BCUT2D eigenvalue weighted by molar-refractivity contribution is 0.557. The molecule has 0 saturated heterocycles. The van der Waals surface area contributed by atoms with Crippen molar-refractivity contribution in [1.29, 1.82) is 0 Å². The van der Waals surface area contributed by atoms with E-state index in [-0.39, 0.29) is 0 Å². The van der Waals surface area contributed by atoms with Crippen LogP contribution in [-0.4, -0.2) is 6.54 Å². The minimum atomic E-state index is 0.319. The fraction of sp³-hybridized carbons (Fsp3) is 0.333. The van der Waals surface area contributed by atoms with E-state index in [0.29, 0.717) is 6.04 Å². The zero-order valence-electron chi connectivity index (χ0n) is 11.0. The van der Waals surface area contributed by atoms with E-state index in [4.69, 9.17) is 11.6 Å². The van der Waals surface area contributed by atoms with E-state index in [0.717, 1.165) is 21.8 Å². The molecule has 2 rings (SSSR count). The second-order valence-electron chi connectivity index (χ2n) is 4.51. The molecule has 2 aromatic rings. The summed E-state index contributed by atoms with van der Waals surface area (Å²) in [7, 11) is 0. The first kappa shape index (κ1) is 15.0. The van der Waals surface area contributed by atoms with Gasteiger partial charge in [-0.05, 0) is 53.0 Å². The normalized spacial score (nSPS) is 12.6. The van der Waals surface area contributed by atoms with Gasteiger partial charge in [-0.25, -0.2) is 0 Å². The van der Waals surface area contributed by atoms with Crippen molar-refractivity contribution in [2.24, 2.45) is 0 Å². The first-order chi connectivity index (χ1) is 9.11. The van der Waals surface area contributed by atoms with Crippen LogP contribution >= 0.6 is 38.9 Å². The van der Waals surface area contributed by atoms with Crippen LogP contribution in [0, 0.1) is 6.92 Å². The molecule has 0 aliphatic carbocycles. The quantitative estimate of drug-likeness (QED) is 0.758. The molecule has 0 amide bonds. The van der Waals surface area contributed by atoms with Crippen molar-refractivity contribution in [1.82, 2.24) is 5.32 Å². The molecule has 1 aromatic heterocycles. The number of rotatable bonds is 5. The molecule has 1 N–H and O–H groups in total. The van der Waals surface area contributed by atoms with Crippen LogP contribution in [0.4, 0.5) is 0 Å². The summed E-state index contributed by atoms with van der Waals surface area (Å²) in [4.78, 5) is 1.28. The van der Waals surface area contributed by atoms with Crippen molar-refractivity contribution in [3.05, 3.63) is 55.1 Å². The molecule has 4 heteroatoms. The molecule has 0 fully saturated rings. The van der Waals surface area contributed by atoms with E-state index in [2.05, 4.69) is 65.4 Å². The summed E-state index contributed by atoms with van der Waals surface area (Å²) in [5.74, 6) is 0. The number of aryl methyl sites for hydroxylation is 1. The van der Waals surface area contributed by atoms with Gasteiger partial charge in [-0.3, -0.25) is 0 Å². The molecule has 0 spiro atoms. The van der Waals surface area contributed by atoms with E-state index in [9.17, 15) is 0 Å². The van der Waals surface area contributed by atoms with Gasteiger partial charge in [-0.2, -0.15) is 0 Å². The van der Waals surface area contributed by atoms with Gasteiger partial charge in [-0.1, -0.05) is 42.8 Å². The molecular weight excluding hydrogens is 342 g/mol. The Bertz CT molecular complexity index is 533. The molecule has 1 unspecified atom stereocenters. The van der Waals surface area contributed by atoms with Crippen LogP contribution in [0.1, 0.15) is 29.0 Å². The van der Waals surface area contributed by atoms with E-state index in [1.807, 2.05) is 0 Å². The fourth-order valence-electron chi connectivity index (χ4n) is 2.11. The Labute approximate surface area is 132 Å². The zero-order valence-corrected chi connectivity index (χ0v) is 14.2. The average molecular weight is 359 g/mol. The maximum Gasteiger partial charge on any atom is 0.0887 e. The number of benzene rings is 1. The second-order valence-corrected chi connectivity index (χ2v) is 7.32. The van der Waals surface area contributed by atoms with Crippen LogP contribution in [-0.2, 0) is 6.42 Å². The molecule has 1 nitrogen and oxygen atoms in total. The van der Waals surface area contributed by atoms with Crippen molar-refractivity contribution in [2.75, 3.05) is 6.54 Å². The molecule has 0 saturated carbocycles. The van der Waals surface area contributed by atoms with Crippen LogP contribution < -0.4 is 5.32 Å². The summed E-state index contributed by atoms with van der Waals surface area (Å²) in [6.45, 7) is 5.24. The number of hydrogen-bond acceptors (Lipinski definition) is 2. The summed E-state index contributed by atoms with van der Waals surface area (Å²) >= 11 is 11.3. The van der Waals surface area contributed by atoms with Crippen molar-refractivity contribution in [3.8, 4) is 0 Å². The highest BCUT2D eigenvalue weighted by molar-refractivity contribution is 9.11. The van der Waals surface area contributed by atoms with Crippen LogP contribution in [0.25, 0.3) is 0 Å². The monoisotopic (exact) mass is 357 g/mol. The fourth-order valence-corrected chi connectivity index (χ4v) is 3.94. The van der Waals surface area contributed by atoms with Crippen molar-refractivity contribution >= 4 is 38.9 Å². The minimum Gasteiger partial charge on any atom is -0.309 e. The molecule has 0 radical (unpaired) electrons. The summed E-state index contributed by atoms with van der Waals surface area (Å²) in [5.41, 5.74) is 2.72. The third kappa shape index (κ3) is 3.82. The lowest BCUT2D eigenvalue weighted by Gasteiger charge is -2.17. The van der Waals surface area contributed by atoms with Gasteiger partial charge in [0.05, 0.1) is 8.81 Å². The Hall–Kier alpha value is -0.350. The molecule has 1 atom stereocenters. The SMILES string of the molecule is CCNC(Cc1ccccc1C)c1cc(Cl)c(Br)s1. The summed E-state index contributed by atoms with van der Waals surface area (Å²) < 4.78 is 1.01. The van der Waals surface area contributed by atoms with Gasteiger partial charge in [-0.15, -0.1) is 11.3 Å². The second kappa shape index (κ2) is 6.89. The number of nitrogens with one attached hydrogen (secondary N) is 1. The Morgan fingerprint density at radius 2 is 2.11 bits per heavy atom. The van der Waals surface area contributed by atoms with E-state index < -0.39 is 0 Å². The Balaban J connectivity index is 2.23. The number of hydrogen-bond donors (Lipinski definition) is 1. The maximum absolute atomic E-state index is 6.14. The molecule has 0 aliphatic rings. The van der Waals surface area contributed by atoms with E-state index >= 15 is 0 Å². The Morgan fingerprint density at radius 3 is 2.68 bits per heavy atom. The van der Waals surface area contributed by atoms with Crippen LogP contribution in [0.15, 0.2) is 34.1 Å². The third-order valence-electron chi connectivity index (χ3n) is 3.14. The molecule has 0 aliphatic heterocycles. The predicted octanol–water partition coefficient (Wildman–Crippen LogP) is 5.37. The highest BCUT2D eigenvalue weighted by Gasteiger charge is 2.16. The Morgan fingerprint density at radius 1 is 1.37 bits per heavy atom. The lowest BCUT2D eigenvalue weighted by atomic mass is 10.0. The standard InChI is InChI=1S/C15H17BrClNS/c1-3-18-13(14-9-12(17)15(16)19-14)8-11-7-5-4-6-10(11)2/h4-7,9,13,18H,3,8H2,1-2H3. The summed E-state index contributed by atoms with van der Waals surface area (Å²) in [6, 6.07) is 10.9. The van der Waals surface area contributed by atoms with E-state index in [1.54, 1.807) is 11.3 Å². The molecule has 19 heavy (non-hydrogen) atoms. The molecular formula is C15H17BrClNS. The maximum atomic E-state index is 6.14.